The molecule has 0 unspecified atom stereocenters. The van der Waals surface area contributed by atoms with Crippen molar-refractivity contribution in [3.05, 3.63) is 26.7 Å². The summed E-state index contributed by atoms with van der Waals surface area (Å²) in [5.74, 6) is 0. The Kier molecular flexibility index (Phi) is 6.31. The summed E-state index contributed by atoms with van der Waals surface area (Å²) < 4.78 is 28.4. The zero-order valence-corrected chi connectivity index (χ0v) is 16.1. The van der Waals surface area contributed by atoms with Gasteiger partial charge in [0, 0.05) is 15.8 Å². The maximum atomic E-state index is 12.5. The predicted octanol–water partition coefficient (Wildman–Crippen LogP) is 4.71. The summed E-state index contributed by atoms with van der Waals surface area (Å²) in [6, 6.07) is 3.02. The standard InChI is InChI=1S/C13H16BrCl2NO2S2/c1-20-10-4-2-9(3-5-10)17-21(18,19)13-11(15)6-8(14)7-12(13)16/h6-7,9-10,17H,2-5H2,1H3. The molecule has 0 saturated heterocycles. The van der Waals surface area contributed by atoms with E-state index in [9.17, 15) is 8.42 Å². The fourth-order valence-electron chi connectivity index (χ4n) is 2.48. The number of rotatable bonds is 4. The Labute approximate surface area is 148 Å². The minimum Gasteiger partial charge on any atom is -0.208 e. The van der Waals surface area contributed by atoms with E-state index in [1.54, 1.807) is 0 Å². The Bertz CT molecular complexity index is 594. The van der Waals surface area contributed by atoms with Gasteiger partial charge in [0.15, 0.2) is 0 Å². The second-order valence-corrected chi connectivity index (χ2v) is 9.55. The summed E-state index contributed by atoms with van der Waals surface area (Å²) in [6.45, 7) is 0. The molecule has 1 aromatic rings. The molecule has 118 valence electrons. The molecule has 1 aromatic carbocycles. The predicted molar refractivity (Wildman–Crippen MR) is 94.0 cm³/mol. The normalized spacial score (nSPS) is 23.2. The molecule has 1 aliphatic rings. The molecule has 0 radical (unpaired) electrons. The first kappa shape index (κ1) is 17.9. The van der Waals surface area contributed by atoms with Crippen LogP contribution in [0.25, 0.3) is 0 Å². The van der Waals surface area contributed by atoms with Crippen LogP contribution in [0.5, 0.6) is 0 Å². The molecule has 0 spiro atoms. The van der Waals surface area contributed by atoms with Crippen molar-refractivity contribution < 1.29 is 8.42 Å². The number of nitrogens with one attached hydrogen (secondary N) is 1. The van der Waals surface area contributed by atoms with E-state index < -0.39 is 10.0 Å². The monoisotopic (exact) mass is 431 g/mol. The number of thioether (sulfide) groups is 1. The van der Waals surface area contributed by atoms with Crippen molar-refractivity contribution in [3.63, 3.8) is 0 Å². The van der Waals surface area contributed by atoms with E-state index in [-0.39, 0.29) is 21.0 Å². The van der Waals surface area contributed by atoms with Crippen LogP contribution < -0.4 is 4.72 Å². The lowest BCUT2D eigenvalue weighted by Gasteiger charge is -2.28. The molecule has 0 bridgehead atoms. The molecule has 0 amide bonds. The van der Waals surface area contributed by atoms with Gasteiger partial charge < -0.3 is 0 Å². The second kappa shape index (κ2) is 7.41. The molecule has 0 aromatic heterocycles. The summed E-state index contributed by atoms with van der Waals surface area (Å²) in [7, 11) is -3.70. The van der Waals surface area contributed by atoms with Crippen molar-refractivity contribution in [1.82, 2.24) is 4.72 Å². The lowest BCUT2D eigenvalue weighted by molar-refractivity contribution is 0.420. The third-order valence-electron chi connectivity index (χ3n) is 3.56. The second-order valence-electron chi connectivity index (χ2n) is 5.03. The number of hydrogen-bond donors (Lipinski definition) is 1. The van der Waals surface area contributed by atoms with Gasteiger partial charge in [0.2, 0.25) is 10.0 Å². The summed E-state index contributed by atoms with van der Waals surface area (Å²) in [5.41, 5.74) is 0. The number of sulfonamides is 1. The van der Waals surface area contributed by atoms with Crippen molar-refractivity contribution in [2.75, 3.05) is 6.26 Å². The molecule has 2 rings (SSSR count). The minimum absolute atomic E-state index is 0.0407. The largest absolute Gasteiger partial charge is 0.243 e. The van der Waals surface area contributed by atoms with Crippen LogP contribution in [0.4, 0.5) is 0 Å². The van der Waals surface area contributed by atoms with Crippen molar-refractivity contribution >= 4 is 60.9 Å². The van der Waals surface area contributed by atoms with E-state index in [4.69, 9.17) is 23.2 Å². The van der Waals surface area contributed by atoms with Crippen molar-refractivity contribution in [2.24, 2.45) is 0 Å². The topological polar surface area (TPSA) is 46.2 Å². The van der Waals surface area contributed by atoms with Crippen molar-refractivity contribution in [3.8, 4) is 0 Å². The van der Waals surface area contributed by atoms with Gasteiger partial charge in [-0.2, -0.15) is 11.8 Å². The summed E-state index contributed by atoms with van der Waals surface area (Å²) in [5, 5.41) is 0.880. The first-order chi connectivity index (χ1) is 9.83. The average molecular weight is 433 g/mol. The summed E-state index contributed by atoms with van der Waals surface area (Å²) in [4.78, 5) is -0.0407. The van der Waals surface area contributed by atoms with Gasteiger partial charge in [-0.3, -0.25) is 0 Å². The molecule has 3 nitrogen and oxygen atoms in total. The Morgan fingerprint density at radius 2 is 1.71 bits per heavy atom. The molecule has 8 heteroatoms. The highest BCUT2D eigenvalue weighted by Crippen LogP contribution is 2.34. The van der Waals surface area contributed by atoms with Gasteiger partial charge in [0.25, 0.3) is 0 Å². The third kappa shape index (κ3) is 4.52. The molecule has 0 aliphatic heterocycles. The Morgan fingerprint density at radius 1 is 1.19 bits per heavy atom. The zero-order chi connectivity index (χ0) is 15.6. The van der Waals surface area contributed by atoms with Gasteiger partial charge in [-0.05, 0) is 44.1 Å². The molecule has 1 N–H and O–H groups in total. The van der Waals surface area contributed by atoms with Gasteiger partial charge in [-0.1, -0.05) is 39.1 Å². The van der Waals surface area contributed by atoms with Crippen molar-refractivity contribution in [1.29, 1.82) is 0 Å². The van der Waals surface area contributed by atoms with Crippen LogP contribution in [0.15, 0.2) is 21.5 Å². The fraction of sp³-hybridized carbons (Fsp3) is 0.538. The number of benzene rings is 1. The fourth-order valence-corrected chi connectivity index (χ4v) is 6.47. The SMILES string of the molecule is CSC1CCC(NS(=O)(=O)c2c(Cl)cc(Br)cc2Cl)CC1. The van der Waals surface area contributed by atoms with Gasteiger partial charge in [0.1, 0.15) is 4.90 Å². The maximum absolute atomic E-state index is 12.5. The van der Waals surface area contributed by atoms with Crippen molar-refractivity contribution in [2.45, 2.75) is 41.9 Å². The molecular formula is C13H16BrCl2NO2S2. The van der Waals surface area contributed by atoms with Gasteiger partial charge in [-0.15, -0.1) is 0 Å². The van der Waals surface area contributed by atoms with Gasteiger partial charge >= 0.3 is 0 Å². The Morgan fingerprint density at radius 3 is 2.19 bits per heavy atom. The third-order valence-corrected chi connectivity index (χ3v) is 7.60. The zero-order valence-electron chi connectivity index (χ0n) is 11.4. The molecule has 1 aliphatic carbocycles. The van der Waals surface area contributed by atoms with Crippen LogP contribution in [0.3, 0.4) is 0 Å². The number of hydrogen-bond acceptors (Lipinski definition) is 3. The lowest BCUT2D eigenvalue weighted by atomic mass is 9.96. The Hall–Kier alpha value is 0.540. The van der Waals surface area contributed by atoms with Gasteiger partial charge in [-0.25, -0.2) is 13.1 Å². The highest BCUT2D eigenvalue weighted by molar-refractivity contribution is 9.10. The minimum atomic E-state index is -3.70. The van der Waals surface area contributed by atoms with E-state index in [0.717, 1.165) is 25.7 Å². The smallest absolute Gasteiger partial charge is 0.208 e. The van der Waals surface area contributed by atoms with Crippen LogP contribution in [0.2, 0.25) is 10.0 Å². The van der Waals surface area contributed by atoms with Crippen LogP contribution in [0.1, 0.15) is 25.7 Å². The summed E-state index contributed by atoms with van der Waals surface area (Å²) in [6.07, 6.45) is 5.83. The van der Waals surface area contributed by atoms with E-state index >= 15 is 0 Å². The lowest BCUT2D eigenvalue weighted by Crippen LogP contribution is -2.38. The molecular weight excluding hydrogens is 417 g/mol. The van der Waals surface area contributed by atoms with E-state index in [2.05, 4.69) is 26.9 Å². The first-order valence-corrected chi connectivity index (χ1v) is 10.8. The maximum Gasteiger partial charge on any atom is 0.243 e. The molecule has 1 saturated carbocycles. The van der Waals surface area contributed by atoms with E-state index in [0.29, 0.717) is 9.72 Å². The average Bonchev–Trinajstić information content (AvgIpc) is 2.37. The van der Waals surface area contributed by atoms with Crippen LogP contribution in [0, 0.1) is 0 Å². The highest BCUT2D eigenvalue weighted by atomic mass is 79.9. The van der Waals surface area contributed by atoms with Crippen LogP contribution in [-0.2, 0) is 10.0 Å². The molecule has 0 atom stereocenters. The van der Waals surface area contributed by atoms with Crippen LogP contribution >= 0.6 is 50.9 Å². The quantitative estimate of drug-likeness (QED) is 0.749. The summed E-state index contributed by atoms with van der Waals surface area (Å²) >= 11 is 17.2. The number of halogens is 3. The first-order valence-electron chi connectivity index (χ1n) is 6.53. The van der Waals surface area contributed by atoms with E-state index in [1.807, 2.05) is 11.8 Å². The molecule has 21 heavy (non-hydrogen) atoms. The van der Waals surface area contributed by atoms with Crippen LogP contribution in [-0.4, -0.2) is 26.0 Å². The van der Waals surface area contributed by atoms with E-state index in [1.165, 1.54) is 12.1 Å². The molecule has 0 heterocycles. The Balaban J connectivity index is 2.16. The van der Waals surface area contributed by atoms with Gasteiger partial charge in [0.05, 0.1) is 10.0 Å². The highest BCUT2D eigenvalue weighted by Gasteiger charge is 2.28. The molecule has 1 fully saturated rings.